The molecular weight excluding hydrogens is 191 g/mol. The van der Waals surface area contributed by atoms with Crippen molar-refractivity contribution in [3.8, 4) is 0 Å². The summed E-state index contributed by atoms with van der Waals surface area (Å²) >= 11 is 0. The van der Waals surface area contributed by atoms with Crippen molar-refractivity contribution in [2.45, 2.75) is 25.4 Å². The number of alkyl halides is 1. The van der Waals surface area contributed by atoms with E-state index in [0.29, 0.717) is 12.6 Å². The molecule has 1 aromatic rings. The molecule has 0 aromatic heterocycles. The summed E-state index contributed by atoms with van der Waals surface area (Å²) in [7, 11) is 0. The smallest absolute Gasteiger partial charge is 0.102 e. The number of nitrogens with two attached hydrogens (primary N) is 1. The van der Waals surface area contributed by atoms with Gasteiger partial charge >= 0.3 is 0 Å². The standard InChI is InChI=1S/C12H17FN2/c13-6-7-15(12-4-5-12)9-10-2-1-3-11(14)8-10/h1-3,8,12H,4-7,9,14H2. The Morgan fingerprint density at radius 2 is 2.20 bits per heavy atom. The van der Waals surface area contributed by atoms with Crippen molar-refractivity contribution in [1.82, 2.24) is 4.90 Å². The van der Waals surface area contributed by atoms with E-state index in [1.54, 1.807) is 0 Å². The zero-order valence-electron chi connectivity index (χ0n) is 8.82. The van der Waals surface area contributed by atoms with Crippen LogP contribution in [0.4, 0.5) is 10.1 Å². The number of hydrogen-bond donors (Lipinski definition) is 1. The monoisotopic (exact) mass is 208 g/mol. The number of hydrogen-bond acceptors (Lipinski definition) is 2. The fraction of sp³-hybridized carbons (Fsp3) is 0.500. The molecule has 1 aliphatic carbocycles. The molecular formula is C12H17FN2. The fourth-order valence-corrected chi connectivity index (χ4v) is 1.86. The second-order valence-electron chi connectivity index (χ2n) is 4.14. The third-order valence-corrected chi connectivity index (χ3v) is 2.77. The van der Waals surface area contributed by atoms with Gasteiger partial charge in [-0.05, 0) is 30.5 Å². The maximum Gasteiger partial charge on any atom is 0.102 e. The van der Waals surface area contributed by atoms with E-state index in [4.69, 9.17) is 5.73 Å². The average molecular weight is 208 g/mol. The maximum absolute atomic E-state index is 12.3. The lowest BCUT2D eigenvalue weighted by Crippen LogP contribution is -2.27. The summed E-state index contributed by atoms with van der Waals surface area (Å²) in [6.45, 7) is 1.10. The van der Waals surface area contributed by atoms with Crippen LogP contribution in [0.3, 0.4) is 0 Å². The first-order valence-corrected chi connectivity index (χ1v) is 5.44. The van der Waals surface area contributed by atoms with Gasteiger partial charge < -0.3 is 5.73 Å². The van der Waals surface area contributed by atoms with Gasteiger partial charge in [-0.15, -0.1) is 0 Å². The molecule has 2 nitrogen and oxygen atoms in total. The molecule has 15 heavy (non-hydrogen) atoms. The van der Waals surface area contributed by atoms with Crippen LogP contribution in [-0.4, -0.2) is 24.2 Å². The highest BCUT2D eigenvalue weighted by Crippen LogP contribution is 2.28. The van der Waals surface area contributed by atoms with Crippen LogP contribution in [0.2, 0.25) is 0 Å². The van der Waals surface area contributed by atoms with Crippen molar-refractivity contribution < 1.29 is 4.39 Å². The highest BCUT2D eigenvalue weighted by atomic mass is 19.1. The van der Waals surface area contributed by atoms with Crippen molar-refractivity contribution >= 4 is 5.69 Å². The molecule has 0 heterocycles. The minimum absolute atomic E-state index is 0.265. The summed E-state index contributed by atoms with van der Waals surface area (Å²) in [6, 6.07) is 8.44. The zero-order valence-corrected chi connectivity index (χ0v) is 8.82. The van der Waals surface area contributed by atoms with Gasteiger partial charge in [0.05, 0.1) is 0 Å². The molecule has 1 aliphatic rings. The summed E-state index contributed by atoms with van der Waals surface area (Å²) in [6.07, 6.45) is 2.42. The minimum atomic E-state index is -0.265. The van der Waals surface area contributed by atoms with Crippen molar-refractivity contribution in [2.75, 3.05) is 19.0 Å². The summed E-state index contributed by atoms with van der Waals surface area (Å²) in [5.41, 5.74) is 7.66. The fourth-order valence-electron chi connectivity index (χ4n) is 1.86. The van der Waals surface area contributed by atoms with Crippen LogP contribution in [0.5, 0.6) is 0 Å². The van der Waals surface area contributed by atoms with E-state index in [9.17, 15) is 4.39 Å². The Morgan fingerprint density at radius 1 is 1.40 bits per heavy atom. The van der Waals surface area contributed by atoms with Gasteiger partial charge in [0.2, 0.25) is 0 Å². The van der Waals surface area contributed by atoms with Crippen LogP contribution in [0.15, 0.2) is 24.3 Å². The van der Waals surface area contributed by atoms with Gasteiger partial charge in [0.25, 0.3) is 0 Å². The lowest BCUT2D eigenvalue weighted by molar-refractivity contribution is 0.231. The molecule has 1 aromatic carbocycles. The van der Waals surface area contributed by atoms with Crippen molar-refractivity contribution in [3.63, 3.8) is 0 Å². The highest BCUT2D eigenvalue weighted by Gasteiger charge is 2.28. The molecule has 0 atom stereocenters. The Morgan fingerprint density at radius 3 is 2.80 bits per heavy atom. The summed E-state index contributed by atoms with van der Waals surface area (Å²) in [5, 5.41) is 0. The Balaban J connectivity index is 1.98. The van der Waals surface area contributed by atoms with Gasteiger partial charge in [0, 0.05) is 24.8 Å². The van der Waals surface area contributed by atoms with Gasteiger partial charge in [0.15, 0.2) is 0 Å². The zero-order chi connectivity index (χ0) is 10.7. The minimum Gasteiger partial charge on any atom is -0.399 e. The molecule has 82 valence electrons. The Kier molecular flexibility index (Phi) is 3.21. The topological polar surface area (TPSA) is 29.3 Å². The number of nitrogens with zero attached hydrogens (tertiary/aromatic N) is 1. The summed E-state index contributed by atoms with van der Waals surface area (Å²) in [4.78, 5) is 2.20. The predicted octanol–water partition coefficient (Wildman–Crippen LogP) is 2.20. The van der Waals surface area contributed by atoms with E-state index >= 15 is 0 Å². The number of nitrogen functional groups attached to an aromatic ring is 1. The van der Waals surface area contributed by atoms with Crippen molar-refractivity contribution in [2.24, 2.45) is 0 Å². The highest BCUT2D eigenvalue weighted by molar-refractivity contribution is 5.40. The summed E-state index contributed by atoms with van der Waals surface area (Å²) in [5.74, 6) is 0. The van der Waals surface area contributed by atoms with Crippen molar-refractivity contribution in [3.05, 3.63) is 29.8 Å². The normalized spacial score (nSPS) is 15.9. The van der Waals surface area contributed by atoms with E-state index < -0.39 is 0 Å². The Labute approximate surface area is 89.9 Å². The number of rotatable bonds is 5. The van der Waals surface area contributed by atoms with E-state index in [1.165, 1.54) is 18.4 Å². The second kappa shape index (κ2) is 4.62. The molecule has 0 spiro atoms. The molecule has 2 N–H and O–H groups in total. The molecule has 0 bridgehead atoms. The van der Waals surface area contributed by atoms with Crippen LogP contribution in [0.1, 0.15) is 18.4 Å². The Bertz CT molecular complexity index is 323. The Hall–Kier alpha value is -1.09. The molecule has 2 rings (SSSR count). The predicted molar refractivity (Wildman–Crippen MR) is 60.3 cm³/mol. The van der Waals surface area contributed by atoms with E-state index in [2.05, 4.69) is 4.90 Å². The van der Waals surface area contributed by atoms with Crippen molar-refractivity contribution in [1.29, 1.82) is 0 Å². The number of benzene rings is 1. The molecule has 1 fully saturated rings. The van der Waals surface area contributed by atoms with Gasteiger partial charge in [-0.25, -0.2) is 4.39 Å². The molecule has 0 unspecified atom stereocenters. The van der Waals surface area contributed by atoms with Gasteiger partial charge in [-0.2, -0.15) is 0 Å². The first kappa shape index (κ1) is 10.4. The SMILES string of the molecule is Nc1cccc(CN(CCF)C2CC2)c1. The van der Waals surface area contributed by atoms with Crippen LogP contribution in [0, 0.1) is 0 Å². The van der Waals surface area contributed by atoms with Gasteiger partial charge in [-0.3, -0.25) is 4.90 Å². The number of anilines is 1. The quantitative estimate of drug-likeness (QED) is 0.752. The third-order valence-electron chi connectivity index (χ3n) is 2.77. The maximum atomic E-state index is 12.3. The lowest BCUT2D eigenvalue weighted by atomic mass is 10.2. The third kappa shape index (κ3) is 2.93. The molecule has 3 heteroatoms. The first-order valence-electron chi connectivity index (χ1n) is 5.44. The van der Waals surface area contributed by atoms with E-state index in [1.807, 2.05) is 24.3 Å². The van der Waals surface area contributed by atoms with E-state index in [-0.39, 0.29) is 6.67 Å². The average Bonchev–Trinajstić information content (AvgIpc) is 3.00. The van der Waals surface area contributed by atoms with Crippen LogP contribution in [0.25, 0.3) is 0 Å². The van der Waals surface area contributed by atoms with Crippen LogP contribution < -0.4 is 5.73 Å². The van der Waals surface area contributed by atoms with Crippen LogP contribution in [-0.2, 0) is 6.54 Å². The van der Waals surface area contributed by atoms with Gasteiger partial charge in [0.1, 0.15) is 6.67 Å². The molecule has 0 saturated heterocycles. The molecule has 1 saturated carbocycles. The van der Waals surface area contributed by atoms with E-state index in [0.717, 1.165) is 12.2 Å². The molecule has 0 amide bonds. The van der Waals surface area contributed by atoms with Crippen LogP contribution >= 0.6 is 0 Å². The van der Waals surface area contributed by atoms with Gasteiger partial charge in [-0.1, -0.05) is 12.1 Å². The molecule has 0 radical (unpaired) electrons. The summed E-state index contributed by atoms with van der Waals surface area (Å²) < 4.78 is 12.3. The molecule has 0 aliphatic heterocycles. The second-order valence-corrected chi connectivity index (χ2v) is 4.14. The first-order chi connectivity index (χ1) is 7.29. The largest absolute Gasteiger partial charge is 0.399 e. The number of halogens is 1. The lowest BCUT2D eigenvalue weighted by Gasteiger charge is -2.20.